The first-order valence-electron chi connectivity index (χ1n) is 7.82. The van der Waals surface area contributed by atoms with Gasteiger partial charge in [-0.15, -0.1) is 0 Å². The number of rotatable bonds is 7. The molecule has 0 aromatic heterocycles. The molecule has 0 aliphatic rings. The van der Waals surface area contributed by atoms with Crippen molar-refractivity contribution in [2.24, 2.45) is 0 Å². The summed E-state index contributed by atoms with van der Waals surface area (Å²) in [5.41, 5.74) is 2.66. The minimum absolute atomic E-state index is 0.165. The summed E-state index contributed by atoms with van der Waals surface area (Å²) in [6.07, 6.45) is 2.61. The Hall–Kier alpha value is -2.78. The maximum Gasteiger partial charge on any atom is 0.122 e. The second kappa shape index (κ2) is 8.61. The van der Waals surface area contributed by atoms with Gasteiger partial charge in [-0.1, -0.05) is 30.3 Å². The molecule has 0 fully saturated rings. The molecule has 2 aromatic carbocycles. The van der Waals surface area contributed by atoms with Crippen LogP contribution in [0.4, 0.5) is 0 Å². The minimum Gasteiger partial charge on any atom is -0.493 e. The molecule has 0 aliphatic heterocycles. The van der Waals surface area contributed by atoms with E-state index in [0.29, 0.717) is 12.2 Å². The van der Waals surface area contributed by atoms with Gasteiger partial charge in [0.2, 0.25) is 0 Å². The van der Waals surface area contributed by atoms with Gasteiger partial charge >= 0.3 is 0 Å². The fourth-order valence-electron chi connectivity index (χ4n) is 2.48. The summed E-state index contributed by atoms with van der Waals surface area (Å²) in [6.45, 7) is 2.68. The molecule has 0 N–H and O–H groups in total. The third-order valence-corrected chi connectivity index (χ3v) is 3.81. The van der Waals surface area contributed by atoms with Gasteiger partial charge in [-0.3, -0.25) is 0 Å². The molecule has 116 valence electrons. The van der Waals surface area contributed by atoms with E-state index >= 15 is 0 Å². The zero-order valence-corrected chi connectivity index (χ0v) is 13.3. The molecule has 3 heteroatoms. The Morgan fingerprint density at radius 1 is 1.04 bits per heavy atom. The summed E-state index contributed by atoms with van der Waals surface area (Å²) in [5.74, 6) is 0.757. The minimum atomic E-state index is -0.165. The summed E-state index contributed by atoms with van der Waals surface area (Å²) in [4.78, 5) is 0. The van der Waals surface area contributed by atoms with Crippen molar-refractivity contribution >= 4 is 0 Å². The summed E-state index contributed by atoms with van der Waals surface area (Å²) >= 11 is 0. The molecule has 0 amide bonds. The Morgan fingerprint density at radius 3 is 2.61 bits per heavy atom. The lowest BCUT2D eigenvalue weighted by Crippen LogP contribution is -2.01. The molecule has 1 atom stereocenters. The maximum atomic E-state index is 9.35. The monoisotopic (exact) mass is 304 g/mol. The number of hydrogen-bond donors (Lipinski definition) is 0. The van der Waals surface area contributed by atoms with Gasteiger partial charge in [0.25, 0.3) is 0 Å². The number of ether oxygens (including phenoxy) is 1. The van der Waals surface area contributed by atoms with E-state index in [1.165, 1.54) is 0 Å². The van der Waals surface area contributed by atoms with Gasteiger partial charge in [-0.2, -0.15) is 10.5 Å². The summed E-state index contributed by atoms with van der Waals surface area (Å²) in [6, 6.07) is 19.7. The molecule has 2 rings (SSSR count). The van der Waals surface area contributed by atoms with E-state index in [0.717, 1.165) is 36.1 Å². The van der Waals surface area contributed by atoms with Crippen molar-refractivity contribution < 1.29 is 4.74 Å². The van der Waals surface area contributed by atoms with Gasteiger partial charge in [0.1, 0.15) is 5.75 Å². The van der Waals surface area contributed by atoms with Crippen LogP contribution < -0.4 is 4.74 Å². The van der Waals surface area contributed by atoms with Gasteiger partial charge < -0.3 is 4.74 Å². The van der Waals surface area contributed by atoms with Gasteiger partial charge in [0.05, 0.1) is 30.2 Å². The molecule has 0 heterocycles. The molecule has 23 heavy (non-hydrogen) atoms. The SMILES string of the molecule is Cc1ccccc1OCCCCC(C#N)c1cccc(C#N)c1. The van der Waals surface area contributed by atoms with Crippen LogP contribution in [0, 0.1) is 29.6 Å². The van der Waals surface area contributed by atoms with E-state index in [9.17, 15) is 5.26 Å². The molecule has 0 bridgehead atoms. The Bertz CT molecular complexity index is 725. The van der Waals surface area contributed by atoms with Gasteiger partial charge in [0, 0.05) is 0 Å². The van der Waals surface area contributed by atoms with E-state index in [2.05, 4.69) is 12.1 Å². The first-order chi connectivity index (χ1) is 11.2. The van der Waals surface area contributed by atoms with E-state index in [1.54, 1.807) is 12.1 Å². The van der Waals surface area contributed by atoms with Crippen molar-refractivity contribution in [3.63, 3.8) is 0 Å². The normalized spacial score (nSPS) is 11.3. The average Bonchev–Trinajstić information content (AvgIpc) is 2.59. The summed E-state index contributed by atoms with van der Waals surface area (Å²) < 4.78 is 5.77. The molecular weight excluding hydrogens is 284 g/mol. The third-order valence-electron chi connectivity index (χ3n) is 3.81. The first-order valence-corrected chi connectivity index (χ1v) is 7.82. The van der Waals surface area contributed by atoms with Gasteiger partial charge in [-0.25, -0.2) is 0 Å². The summed E-state index contributed by atoms with van der Waals surface area (Å²) in [5, 5.41) is 18.3. The van der Waals surface area contributed by atoms with Crippen LogP contribution in [0.3, 0.4) is 0 Å². The third kappa shape index (κ3) is 4.87. The number of benzene rings is 2. The lowest BCUT2D eigenvalue weighted by molar-refractivity contribution is 0.302. The highest BCUT2D eigenvalue weighted by Gasteiger charge is 2.10. The highest BCUT2D eigenvalue weighted by molar-refractivity contribution is 5.36. The highest BCUT2D eigenvalue weighted by Crippen LogP contribution is 2.22. The number of aryl methyl sites for hydroxylation is 1. The molecule has 0 saturated carbocycles. The fraction of sp³-hybridized carbons (Fsp3) is 0.300. The van der Waals surface area contributed by atoms with Crippen molar-refractivity contribution in [1.82, 2.24) is 0 Å². The van der Waals surface area contributed by atoms with Crippen LogP contribution in [0.5, 0.6) is 5.75 Å². The standard InChI is InChI=1S/C20H20N2O/c1-16-7-2-3-11-20(16)23-12-5-4-9-19(15-22)18-10-6-8-17(13-18)14-21/h2-3,6-8,10-11,13,19H,4-5,9,12H2,1H3. The van der Waals surface area contributed by atoms with Crippen LogP contribution in [0.15, 0.2) is 48.5 Å². The predicted molar refractivity (Wildman–Crippen MR) is 90.0 cm³/mol. The number of hydrogen-bond acceptors (Lipinski definition) is 3. The van der Waals surface area contributed by atoms with Crippen molar-refractivity contribution in [2.45, 2.75) is 32.1 Å². The number of nitriles is 2. The number of nitrogens with zero attached hydrogens (tertiary/aromatic N) is 2. The molecule has 3 nitrogen and oxygen atoms in total. The Labute approximate surface area is 137 Å². The highest BCUT2D eigenvalue weighted by atomic mass is 16.5. The average molecular weight is 304 g/mol. The van der Waals surface area contributed by atoms with Crippen LogP contribution in [0.25, 0.3) is 0 Å². The van der Waals surface area contributed by atoms with E-state index < -0.39 is 0 Å². The van der Waals surface area contributed by atoms with Gasteiger partial charge in [0.15, 0.2) is 0 Å². The van der Waals surface area contributed by atoms with Crippen LogP contribution in [0.2, 0.25) is 0 Å². The van der Waals surface area contributed by atoms with Crippen molar-refractivity contribution in [2.75, 3.05) is 6.61 Å². The first kappa shape index (κ1) is 16.6. The molecule has 0 aliphatic carbocycles. The van der Waals surface area contributed by atoms with Crippen LogP contribution >= 0.6 is 0 Å². The Kier molecular flexibility index (Phi) is 6.21. The topological polar surface area (TPSA) is 56.8 Å². The summed E-state index contributed by atoms with van der Waals surface area (Å²) in [7, 11) is 0. The molecule has 0 saturated heterocycles. The molecule has 0 radical (unpaired) electrons. The van der Waals surface area contributed by atoms with Crippen LogP contribution in [-0.2, 0) is 0 Å². The van der Waals surface area contributed by atoms with Crippen molar-refractivity contribution in [3.05, 3.63) is 65.2 Å². The van der Waals surface area contributed by atoms with Gasteiger partial charge in [-0.05, 0) is 55.5 Å². The van der Waals surface area contributed by atoms with E-state index in [-0.39, 0.29) is 5.92 Å². The predicted octanol–water partition coefficient (Wildman–Crippen LogP) is 4.72. The maximum absolute atomic E-state index is 9.35. The van der Waals surface area contributed by atoms with Crippen molar-refractivity contribution in [3.8, 4) is 17.9 Å². The molecule has 2 aromatic rings. The molecule has 0 spiro atoms. The lowest BCUT2D eigenvalue weighted by atomic mass is 9.94. The quantitative estimate of drug-likeness (QED) is 0.695. The number of para-hydroxylation sites is 1. The second-order valence-corrected chi connectivity index (χ2v) is 5.53. The zero-order chi connectivity index (χ0) is 16.5. The number of unbranched alkanes of at least 4 members (excludes halogenated alkanes) is 1. The molecule has 1 unspecified atom stereocenters. The van der Waals surface area contributed by atoms with Crippen LogP contribution in [-0.4, -0.2) is 6.61 Å². The fourth-order valence-corrected chi connectivity index (χ4v) is 2.48. The second-order valence-electron chi connectivity index (χ2n) is 5.53. The Morgan fingerprint density at radius 2 is 1.87 bits per heavy atom. The lowest BCUT2D eigenvalue weighted by Gasteiger charge is -2.11. The smallest absolute Gasteiger partial charge is 0.122 e. The molecular formula is C20H20N2O. The van der Waals surface area contributed by atoms with Crippen LogP contribution in [0.1, 0.15) is 41.9 Å². The van der Waals surface area contributed by atoms with Crippen molar-refractivity contribution in [1.29, 1.82) is 10.5 Å². The largest absolute Gasteiger partial charge is 0.493 e. The van der Waals surface area contributed by atoms with E-state index in [1.807, 2.05) is 43.3 Å². The van der Waals surface area contributed by atoms with E-state index in [4.69, 9.17) is 10.00 Å². The zero-order valence-electron chi connectivity index (χ0n) is 13.3. The Balaban J connectivity index is 1.79.